The molecule has 0 bridgehead atoms. The maximum Gasteiger partial charge on any atom is 0.255 e. The molecule has 1 aliphatic rings. The van der Waals surface area contributed by atoms with Crippen LogP contribution in [0.2, 0.25) is 0 Å². The lowest BCUT2D eigenvalue weighted by Crippen LogP contribution is -2.38. The van der Waals surface area contributed by atoms with Crippen LogP contribution in [0.3, 0.4) is 0 Å². The van der Waals surface area contributed by atoms with Crippen LogP contribution in [-0.4, -0.2) is 50.6 Å². The van der Waals surface area contributed by atoms with Gasteiger partial charge in [0, 0.05) is 31.7 Å². The molecule has 0 aromatic heterocycles. The Labute approximate surface area is 225 Å². The average Bonchev–Trinajstić information content (AvgIpc) is 2.92. The van der Waals surface area contributed by atoms with Crippen molar-refractivity contribution in [1.82, 2.24) is 10.2 Å². The normalized spacial score (nSPS) is 13.1. The summed E-state index contributed by atoms with van der Waals surface area (Å²) in [6, 6.07) is 17.1. The Hall–Kier alpha value is -3.84. The number of hydrogen-bond acceptors (Lipinski definition) is 5. The molecule has 3 aromatic rings. The van der Waals surface area contributed by atoms with E-state index in [2.05, 4.69) is 35.4 Å². The van der Waals surface area contributed by atoms with Crippen molar-refractivity contribution in [3.8, 4) is 11.5 Å². The number of nitrogens with one attached hydrogen (secondary N) is 2. The molecule has 0 radical (unpaired) electrons. The standard InChI is InChI=1S/C31H37N3O4/c1-20(2)22-7-9-23(10-8-22)30(35)33-27-16-21(3)6-11-26(27)31(36)32-13-15-34-14-12-24-17-28(37-4)29(38-5)18-25(24)19-34/h6-11,16-18,20H,12-15,19H2,1-5H3,(H,32,36)(H,33,35). The summed E-state index contributed by atoms with van der Waals surface area (Å²) in [6.07, 6.45) is 0.913. The number of anilines is 1. The SMILES string of the molecule is COc1cc2c(cc1OC)CN(CCNC(=O)c1ccc(C)cc1NC(=O)c1ccc(C(C)C)cc1)CC2. The summed E-state index contributed by atoms with van der Waals surface area (Å²) >= 11 is 0. The van der Waals surface area contributed by atoms with E-state index in [-0.39, 0.29) is 11.8 Å². The van der Waals surface area contributed by atoms with Gasteiger partial charge in [-0.1, -0.05) is 32.0 Å². The van der Waals surface area contributed by atoms with E-state index in [1.54, 1.807) is 20.3 Å². The minimum Gasteiger partial charge on any atom is -0.493 e. The molecule has 0 saturated heterocycles. The highest BCUT2D eigenvalue weighted by atomic mass is 16.5. The number of fused-ring (bicyclic) bond motifs is 1. The van der Waals surface area contributed by atoms with Crippen molar-refractivity contribution >= 4 is 17.5 Å². The van der Waals surface area contributed by atoms with Gasteiger partial charge in [0.1, 0.15) is 0 Å². The number of ether oxygens (including phenoxy) is 2. The van der Waals surface area contributed by atoms with Crippen molar-refractivity contribution in [2.75, 3.05) is 39.2 Å². The van der Waals surface area contributed by atoms with Gasteiger partial charge in [0.05, 0.1) is 25.5 Å². The van der Waals surface area contributed by atoms with Crippen LogP contribution < -0.4 is 20.1 Å². The summed E-state index contributed by atoms with van der Waals surface area (Å²) < 4.78 is 10.9. The molecule has 0 fully saturated rings. The van der Waals surface area contributed by atoms with E-state index >= 15 is 0 Å². The second-order valence-electron chi connectivity index (χ2n) is 10.0. The fourth-order valence-electron chi connectivity index (χ4n) is 4.73. The van der Waals surface area contributed by atoms with Gasteiger partial charge in [-0.3, -0.25) is 14.5 Å². The zero-order valence-electron chi connectivity index (χ0n) is 22.9. The van der Waals surface area contributed by atoms with E-state index in [0.29, 0.717) is 29.3 Å². The van der Waals surface area contributed by atoms with Gasteiger partial charge >= 0.3 is 0 Å². The topological polar surface area (TPSA) is 79.9 Å². The molecule has 2 amide bonds. The lowest BCUT2D eigenvalue weighted by atomic mass is 9.99. The largest absolute Gasteiger partial charge is 0.493 e. The van der Waals surface area contributed by atoms with Crippen molar-refractivity contribution in [1.29, 1.82) is 0 Å². The van der Waals surface area contributed by atoms with Crippen LogP contribution in [0.4, 0.5) is 5.69 Å². The van der Waals surface area contributed by atoms with Crippen LogP contribution in [-0.2, 0) is 13.0 Å². The van der Waals surface area contributed by atoms with E-state index in [0.717, 1.165) is 43.1 Å². The van der Waals surface area contributed by atoms with E-state index in [9.17, 15) is 9.59 Å². The second kappa shape index (κ2) is 12.1. The molecule has 0 spiro atoms. The minimum absolute atomic E-state index is 0.209. The fraction of sp³-hybridized carbons (Fsp3) is 0.355. The maximum absolute atomic E-state index is 13.1. The van der Waals surface area contributed by atoms with Crippen LogP contribution in [0.1, 0.15) is 62.7 Å². The highest BCUT2D eigenvalue weighted by Gasteiger charge is 2.20. The molecule has 200 valence electrons. The summed E-state index contributed by atoms with van der Waals surface area (Å²) in [4.78, 5) is 28.3. The molecule has 4 rings (SSSR count). The number of amides is 2. The van der Waals surface area contributed by atoms with E-state index in [1.165, 1.54) is 16.7 Å². The zero-order valence-corrected chi connectivity index (χ0v) is 22.9. The summed E-state index contributed by atoms with van der Waals surface area (Å²) in [5, 5.41) is 5.96. The first-order valence-corrected chi connectivity index (χ1v) is 13.0. The van der Waals surface area contributed by atoms with Crippen LogP contribution in [0.25, 0.3) is 0 Å². The van der Waals surface area contributed by atoms with Crippen molar-refractivity contribution < 1.29 is 19.1 Å². The third-order valence-corrected chi connectivity index (χ3v) is 7.02. The average molecular weight is 516 g/mol. The van der Waals surface area contributed by atoms with Gasteiger partial charge in [-0.2, -0.15) is 0 Å². The summed E-state index contributed by atoms with van der Waals surface area (Å²) in [7, 11) is 3.29. The predicted molar refractivity (Wildman–Crippen MR) is 151 cm³/mol. The van der Waals surface area contributed by atoms with Gasteiger partial charge in [0.15, 0.2) is 11.5 Å². The van der Waals surface area contributed by atoms with Crippen molar-refractivity contribution in [2.45, 2.75) is 39.7 Å². The van der Waals surface area contributed by atoms with E-state index in [4.69, 9.17) is 9.47 Å². The number of aryl methyl sites for hydroxylation is 1. The van der Waals surface area contributed by atoms with Gasteiger partial charge in [-0.15, -0.1) is 0 Å². The number of nitrogens with zero attached hydrogens (tertiary/aromatic N) is 1. The Morgan fingerprint density at radius 2 is 1.61 bits per heavy atom. The number of benzene rings is 3. The van der Waals surface area contributed by atoms with Gasteiger partial charge in [0.25, 0.3) is 11.8 Å². The Morgan fingerprint density at radius 3 is 2.26 bits per heavy atom. The number of carbonyl (C=O) groups is 2. The number of hydrogen-bond donors (Lipinski definition) is 2. The van der Waals surface area contributed by atoms with Crippen LogP contribution >= 0.6 is 0 Å². The minimum atomic E-state index is -0.237. The van der Waals surface area contributed by atoms with Gasteiger partial charge in [0.2, 0.25) is 0 Å². The van der Waals surface area contributed by atoms with Crippen LogP contribution in [0, 0.1) is 6.92 Å². The zero-order chi connectivity index (χ0) is 27.2. The molecule has 0 unspecified atom stereocenters. The summed E-state index contributed by atoms with van der Waals surface area (Å²) in [6.45, 7) is 9.08. The predicted octanol–water partition coefficient (Wildman–Crippen LogP) is 5.18. The number of carbonyl (C=O) groups excluding carboxylic acids is 2. The Morgan fingerprint density at radius 1 is 0.921 bits per heavy atom. The quantitative estimate of drug-likeness (QED) is 0.411. The molecular formula is C31H37N3O4. The van der Waals surface area contributed by atoms with Crippen LogP contribution in [0.15, 0.2) is 54.6 Å². The van der Waals surface area contributed by atoms with Gasteiger partial charge in [-0.25, -0.2) is 0 Å². The third-order valence-electron chi connectivity index (χ3n) is 7.02. The Bertz CT molecular complexity index is 1300. The first-order valence-electron chi connectivity index (χ1n) is 13.0. The second-order valence-corrected chi connectivity index (χ2v) is 10.0. The molecule has 7 nitrogen and oxygen atoms in total. The molecule has 7 heteroatoms. The van der Waals surface area contributed by atoms with Crippen LogP contribution in [0.5, 0.6) is 11.5 Å². The molecule has 2 N–H and O–H groups in total. The molecular weight excluding hydrogens is 478 g/mol. The molecule has 1 aliphatic heterocycles. The third kappa shape index (κ3) is 6.34. The monoisotopic (exact) mass is 515 g/mol. The summed E-state index contributed by atoms with van der Waals surface area (Å²) in [5.41, 5.74) is 6.13. The van der Waals surface area contributed by atoms with Gasteiger partial charge in [-0.05, 0) is 77.9 Å². The first-order chi connectivity index (χ1) is 18.3. The maximum atomic E-state index is 13.1. The molecule has 0 atom stereocenters. The van der Waals surface area contributed by atoms with Crippen molar-refractivity contribution in [3.63, 3.8) is 0 Å². The van der Waals surface area contributed by atoms with Crippen molar-refractivity contribution in [3.05, 3.63) is 88.0 Å². The Balaban J connectivity index is 1.37. The molecule has 0 saturated carbocycles. The molecule has 0 aliphatic carbocycles. The van der Waals surface area contributed by atoms with E-state index < -0.39 is 0 Å². The highest BCUT2D eigenvalue weighted by Crippen LogP contribution is 2.33. The fourth-order valence-corrected chi connectivity index (χ4v) is 4.73. The summed E-state index contributed by atoms with van der Waals surface area (Å²) in [5.74, 6) is 1.43. The molecule has 38 heavy (non-hydrogen) atoms. The van der Waals surface area contributed by atoms with E-state index in [1.807, 2.05) is 49.4 Å². The highest BCUT2D eigenvalue weighted by molar-refractivity contribution is 6.09. The number of rotatable bonds is 9. The molecule has 3 aromatic carbocycles. The lowest BCUT2D eigenvalue weighted by molar-refractivity contribution is 0.0948. The van der Waals surface area contributed by atoms with Crippen molar-refractivity contribution in [2.24, 2.45) is 0 Å². The van der Waals surface area contributed by atoms with Gasteiger partial charge < -0.3 is 20.1 Å². The number of methoxy groups -OCH3 is 2. The lowest BCUT2D eigenvalue weighted by Gasteiger charge is -2.29. The molecule has 1 heterocycles. The first kappa shape index (κ1) is 27.2. The Kier molecular flexibility index (Phi) is 8.69. The smallest absolute Gasteiger partial charge is 0.255 e.